The number of rotatable bonds is 4. The number of nitrogens with zero attached hydrogens (tertiary/aromatic N) is 2. The zero-order valence-electron chi connectivity index (χ0n) is 26.2. The van der Waals surface area contributed by atoms with Crippen molar-refractivity contribution in [3.8, 4) is 66.9 Å². The van der Waals surface area contributed by atoms with Gasteiger partial charge in [0, 0.05) is 18.0 Å². The first kappa shape index (κ1) is 27.7. The van der Waals surface area contributed by atoms with Crippen LogP contribution in [0.5, 0.6) is 0 Å². The zero-order chi connectivity index (χ0) is 32.6. The standard InChI is InChI=1S/C45H26F2N2/c46-31-19-15-29(16-20-31)41-35-6-1-2-7-36(35)42(30-17-21-32(47)22-18-30)45-38-24-23-33(34-8-5-9-37(43(34)38)44(41)45)27-11-13-28(14-12-27)39-26-49-25-4-3-10-40(49)48-39/h1-26H. The van der Waals surface area contributed by atoms with E-state index in [1.807, 2.05) is 65.2 Å². The molecule has 0 unspecified atom stereocenters. The molecule has 1 aliphatic carbocycles. The molecule has 49 heavy (non-hydrogen) atoms. The highest BCUT2D eigenvalue weighted by atomic mass is 19.1. The summed E-state index contributed by atoms with van der Waals surface area (Å²) in [5, 5.41) is 4.48. The van der Waals surface area contributed by atoms with E-state index in [-0.39, 0.29) is 11.6 Å². The van der Waals surface area contributed by atoms with Crippen LogP contribution in [0.25, 0.3) is 94.1 Å². The van der Waals surface area contributed by atoms with Crippen LogP contribution < -0.4 is 0 Å². The van der Waals surface area contributed by atoms with Gasteiger partial charge in [-0.15, -0.1) is 0 Å². The van der Waals surface area contributed by atoms with Crippen molar-refractivity contribution in [1.82, 2.24) is 9.38 Å². The highest BCUT2D eigenvalue weighted by molar-refractivity contribution is 6.28. The van der Waals surface area contributed by atoms with Crippen molar-refractivity contribution in [3.05, 3.63) is 170 Å². The number of benzene rings is 7. The summed E-state index contributed by atoms with van der Waals surface area (Å²) in [4.78, 5) is 4.81. The van der Waals surface area contributed by atoms with Crippen LogP contribution in [0.2, 0.25) is 0 Å². The molecular formula is C45H26F2N2. The number of halogens is 2. The Kier molecular flexibility index (Phi) is 5.97. The molecule has 2 aromatic heterocycles. The molecule has 0 N–H and O–H groups in total. The second-order valence-corrected chi connectivity index (χ2v) is 12.6. The summed E-state index contributed by atoms with van der Waals surface area (Å²) in [6.07, 6.45) is 4.07. The molecule has 9 aromatic rings. The van der Waals surface area contributed by atoms with Crippen molar-refractivity contribution in [2.75, 3.05) is 0 Å². The SMILES string of the molecule is Fc1ccc(-c2c3c(c(-c4ccc(F)cc4)c4ccccc24)-c2ccc(-c4ccc(-c5cn6ccccc6n5)cc4)c4cccc-3c24)cc1. The van der Waals surface area contributed by atoms with E-state index in [1.165, 1.54) is 29.7 Å². The molecule has 0 saturated carbocycles. The lowest BCUT2D eigenvalue weighted by atomic mass is 9.82. The normalized spacial score (nSPS) is 11.9. The van der Waals surface area contributed by atoms with Gasteiger partial charge in [0.25, 0.3) is 0 Å². The molecule has 0 saturated heterocycles. The second-order valence-electron chi connectivity index (χ2n) is 12.6. The fourth-order valence-electron chi connectivity index (χ4n) is 7.78. The number of hydrogen-bond acceptors (Lipinski definition) is 1. The highest BCUT2D eigenvalue weighted by Gasteiger charge is 2.31. The van der Waals surface area contributed by atoms with Gasteiger partial charge in [0.05, 0.1) is 5.69 Å². The molecule has 4 heteroatoms. The van der Waals surface area contributed by atoms with E-state index in [4.69, 9.17) is 4.98 Å². The quantitative estimate of drug-likeness (QED) is 0.189. The van der Waals surface area contributed by atoms with Gasteiger partial charge in [-0.3, -0.25) is 0 Å². The van der Waals surface area contributed by atoms with E-state index < -0.39 is 0 Å². The number of hydrogen-bond donors (Lipinski definition) is 0. The van der Waals surface area contributed by atoms with Gasteiger partial charge < -0.3 is 4.40 Å². The van der Waals surface area contributed by atoms with Gasteiger partial charge in [-0.1, -0.05) is 109 Å². The molecule has 2 nitrogen and oxygen atoms in total. The fourth-order valence-corrected chi connectivity index (χ4v) is 7.78. The van der Waals surface area contributed by atoms with Gasteiger partial charge >= 0.3 is 0 Å². The molecule has 0 atom stereocenters. The molecular weight excluding hydrogens is 607 g/mol. The van der Waals surface area contributed by atoms with Crippen LogP contribution in [0.3, 0.4) is 0 Å². The van der Waals surface area contributed by atoms with Crippen LogP contribution in [0.15, 0.2) is 158 Å². The Bertz CT molecular complexity index is 2630. The minimum absolute atomic E-state index is 0.269. The topological polar surface area (TPSA) is 17.3 Å². The lowest BCUT2D eigenvalue weighted by molar-refractivity contribution is 0.627. The van der Waals surface area contributed by atoms with Crippen LogP contribution in [0.1, 0.15) is 0 Å². The number of aromatic nitrogens is 2. The first-order valence-electron chi connectivity index (χ1n) is 16.3. The molecule has 0 fully saturated rings. The van der Waals surface area contributed by atoms with Crippen molar-refractivity contribution < 1.29 is 8.78 Å². The van der Waals surface area contributed by atoms with Gasteiger partial charge in [-0.05, 0) is 114 Å². The van der Waals surface area contributed by atoms with Crippen molar-refractivity contribution in [3.63, 3.8) is 0 Å². The van der Waals surface area contributed by atoms with Gasteiger partial charge in [-0.25, -0.2) is 13.8 Å². The third-order valence-corrected chi connectivity index (χ3v) is 9.92. The average Bonchev–Trinajstić information content (AvgIpc) is 3.73. The van der Waals surface area contributed by atoms with E-state index in [1.54, 1.807) is 0 Å². The van der Waals surface area contributed by atoms with E-state index >= 15 is 0 Å². The second kappa shape index (κ2) is 10.6. The largest absolute Gasteiger partial charge is 0.306 e. The molecule has 7 aromatic carbocycles. The predicted octanol–water partition coefficient (Wildman–Crippen LogP) is 12.2. The van der Waals surface area contributed by atoms with Crippen LogP contribution in [0.4, 0.5) is 8.78 Å². The van der Waals surface area contributed by atoms with Gasteiger partial charge in [0.1, 0.15) is 17.3 Å². The summed E-state index contributed by atoms with van der Waals surface area (Å²) in [6.45, 7) is 0. The monoisotopic (exact) mass is 632 g/mol. The summed E-state index contributed by atoms with van der Waals surface area (Å²) in [7, 11) is 0. The summed E-state index contributed by atoms with van der Waals surface area (Å²) in [6, 6.07) is 47.6. The van der Waals surface area contributed by atoms with Crippen LogP contribution in [-0.4, -0.2) is 9.38 Å². The summed E-state index contributed by atoms with van der Waals surface area (Å²) in [5.41, 5.74) is 13.7. The third-order valence-electron chi connectivity index (χ3n) is 9.92. The Morgan fingerprint density at radius 3 is 1.57 bits per heavy atom. The van der Waals surface area contributed by atoms with E-state index in [0.717, 1.165) is 88.7 Å². The Morgan fingerprint density at radius 2 is 0.939 bits per heavy atom. The average molecular weight is 633 g/mol. The summed E-state index contributed by atoms with van der Waals surface area (Å²) < 4.78 is 30.5. The molecule has 10 rings (SSSR count). The molecule has 230 valence electrons. The first-order valence-corrected chi connectivity index (χ1v) is 16.3. The number of imidazole rings is 1. The molecule has 0 bridgehead atoms. The van der Waals surface area contributed by atoms with Gasteiger partial charge in [0.2, 0.25) is 0 Å². The van der Waals surface area contributed by atoms with Gasteiger partial charge in [0.15, 0.2) is 0 Å². The third kappa shape index (κ3) is 4.20. The molecule has 0 spiro atoms. The lowest BCUT2D eigenvalue weighted by Crippen LogP contribution is -1.94. The zero-order valence-corrected chi connectivity index (χ0v) is 26.2. The number of pyridine rings is 1. The van der Waals surface area contributed by atoms with Crippen molar-refractivity contribution in [2.45, 2.75) is 0 Å². The molecule has 0 radical (unpaired) electrons. The lowest BCUT2D eigenvalue weighted by Gasteiger charge is -2.20. The van der Waals surface area contributed by atoms with E-state index in [0.29, 0.717) is 0 Å². The summed E-state index contributed by atoms with van der Waals surface area (Å²) >= 11 is 0. The smallest absolute Gasteiger partial charge is 0.137 e. The number of fused-ring (bicyclic) bond motifs is 5. The minimum Gasteiger partial charge on any atom is -0.306 e. The van der Waals surface area contributed by atoms with E-state index in [2.05, 4.69) is 72.9 Å². The Morgan fingerprint density at radius 1 is 0.408 bits per heavy atom. The van der Waals surface area contributed by atoms with Crippen molar-refractivity contribution in [1.29, 1.82) is 0 Å². The van der Waals surface area contributed by atoms with E-state index in [9.17, 15) is 8.78 Å². The van der Waals surface area contributed by atoms with Crippen LogP contribution >= 0.6 is 0 Å². The maximum atomic E-state index is 14.2. The minimum atomic E-state index is -0.269. The van der Waals surface area contributed by atoms with Crippen LogP contribution in [0, 0.1) is 11.6 Å². The summed E-state index contributed by atoms with van der Waals surface area (Å²) in [5.74, 6) is -0.537. The first-order chi connectivity index (χ1) is 24.1. The highest BCUT2D eigenvalue weighted by Crippen LogP contribution is 2.58. The van der Waals surface area contributed by atoms with Gasteiger partial charge in [-0.2, -0.15) is 0 Å². The molecule has 0 amide bonds. The molecule has 1 aliphatic rings. The Hall–Kier alpha value is -6.39. The maximum absolute atomic E-state index is 14.2. The predicted molar refractivity (Wildman–Crippen MR) is 196 cm³/mol. The Labute approximate surface area is 281 Å². The van der Waals surface area contributed by atoms with Crippen molar-refractivity contribution in [2.24, 2.45) is 0 Å². The molecule has 0 aliphatic heterocycles. The van der Waals surface area contributed by atoms with Crippen molar-refractivity contribution >= 4 is 27.2 Å². The maximum Gasteiger partial charge on any atom is 0.137 e. The molecule has 2 heterocycles. The van der Waals surface area contributed by atoms with Crippen LogP contribution in [-0.2, 0) is 0 Å². The Balaban J connectivity index is 1.23. The fraction of sp³-hybridized carbons (Fsp3) is 0.